The molecular weight excluding hydrogens is 704 g/mol. The molecule has 7 saturated carbocycles. The molecule has 7 nitrogen and oxygen atoms in total. The Kier molecular flexibility index (Phi) is 9.16. The van der Waals surface area contributed by atoms with Gasteiger partial charge < -0.3 is 14.7 Å². The van der Waals surface area contributed by atoms with E-state index in [0.29, 0.717) is 60.3 Å². The minimum atomic E-state index is -0.812. The molecule has 14 atom stereocenters. The number of nitrogens with zero attached hydrogens (tertiary/aromatic N) is 2. The normalized spacial score (nSPS) is 49.8. The third-order valence-corrected chi connectivity index (χ3v) is 21.2. The summed E-state index contributed by atoms with van der Waals surface area (Å²) in [5, 5.41) is 9.69. The molecule has 0 aromatic carbocycles. The van der Waals surface area contributed by atoms with Gasteiger partial charge in [-0.15, -0.1) is 0 Å². The van der Waals surface area contributed by atoms with Gasteiger partial charge in [-0.05, 0) is 159 Å². The van der Waals surface area contributed by atoms with E-state index in [0.717, 1.165) is 71.0 Å². The van der Waals surface area contributed by atoms with Gasteiger partial charge in [-0.1, -0.05) is 55.4 Å². The Morgan fingerprint density at radius 1 is 0.714 bits per heavy atom. The van der Waals surface area contributed by atoms with E-state index >= 15 is 4.79 Å². The van der Waals surface area contributed by atoms with E-state index in [4.69, 9.17) is 4.74 Å². The van der Waals surface area contributed by atoms with Crippen molar-refractivity contribution >= 4 is 17.8 Å². The van der Waals surface area contributed by atoms with Crippen LogP contribution in [0.1, 0.15) is 158 Å². The Morgan fingerprint density at radius 3 is 2.12 bits per heavy atom. The number of esters is 1. The van der Waals surface area contributed by atoms with Crippen LogP contribution in [0.4, 0.5) is 4.39 Å². The number of carbonyl (C=O) groups excluding carboxylic acids is 2. The molecule has 1 amide bonds. The van der Waals surface area contributed by atoms with Gasteiger partial charge in [0, 0.05) is 37.6 Å². The molecular formula is C48H75FN2O5. The number of likely N-dealkylation sites (tertiary alicyclic amines) is 2. The predicted molar refractivity (Wildman–Crippen MR) is 215 cm³/mol. The van der Waals surface area contributed by atoms with Gasteiger partial charge in [0.05, 0.1) is 17.3 Å². The summed E-state index contributed by atoms with van der Waals surface area (Å²) >= 11 is 0. The SMILES string of the molecule is CC1([C@@H]2CC[C@]3(C(=O)N4CCC[C@H]4CN4CC[C@H](F)C4)CC[C@]4(C)[C@H](CC[C@@H]5[C@@]6(C)CC[C@H](OC(=O)[C@H]7C[C@@H](C(=O)O)C7(C)C)C(C)(C)[C@@H]6CC[C@]54C)[C@@H]23)CC1. The van der Waals surface area contributed by atoms with Gasteiger partial charge in [0.15, 0.2) is 0 Å². The number of carboxylic acids is 1. The summed E-state index contributed by atoms with van der Waals surface area (Å²) in [5.41, 5.74) is -0.110. The molecule has 0 aromatic rings. The van der Waals surface area contributed by atoms with Crippen molar-refractivity contribution in [1.29, 1.82) is 0 Å². The smallest absolute Gasteiger partial charge is 0.309 e. The third kappa shape index (κ3) is 5.42. The van der Waals surface area contributed by atoms with E-state index in [1.54, 1.807) is 0 Å². The Hall–Kier alpha value is -1.70. The van der Waals surface area contributed by atoms with Crippen LogP contribution in [0.25, 0.3) is 0 Å². The van der Waals surface area contributed by atoms with Crippen molar-refractivity contribution in [3.05, 3.63) is 0 Å². The van der Waals surface area contributed by atoms with Crippen molar-refractivity contribution in [2.45, 2.75) is 176 Å². The van der Waals surface area contributed by atoms with E-state index in [1.165, 1.54) is 38.5 Å². The number of rotatable bonds is 7. The monoisotopic (exact) mass is 779 g/mol. The molecule has 9 aliphatic rings. The molecule has 0 bridgehead atoms. The lowest BCUT2D eigenvalue weighted by Gasteiger charge is -2.73. The molecule has 8 heteroatoms. The molecule has 7 aliphatic carbocycles. The number of carboxylic acid groups (broad SMARTS) is 1. The van der Waals surface area contributed by atoms with Crippen molar-refractivity contribution < 1.29 is 28.6 Å². The van der Waals surface area contributed by atoms with Crippen LogP contribution in [0.3, 0.4) is 0 Å². The van der Waals surface area contributed by atoms with Crippen molar-refractivity contribution in [2.75, 3.05) is 26.2 Å². The Balaban J connectivity index is 0.966. The lowest BCUT2D eigenvalue weighted by Crippen LogP contribution is -2.68. The molecule has 2 heterocycles. The van der Waals surface area contributed by atoms with Gasteiger partial charge in [-0.3, -0.25) is 19.3 Å². The van der Waals surface area contributed by atoms with Crippen LogP contribution in [-0.2, 0) is 19.1 Å². The van der Waals surface area contributed by atoms with Crippen molar-refractivity contribution in [2.24, 2.45) is 79.3 Å². The first-order valence-corrected chi connectivity index (χ1v) is 23.3. The number of amides is 1. The molecule has 2 saturated heterocycles. The van der Waals surface area contributed by atoms with Gasteiger partial charge in [0.1, 0.15) is 12.3 Å². The fraction of sp³-hybridized carbons (Fsp3) is 0.938. The number of halogens is 1. The Labute approximate surface area is 337 Å². The summed E-state index contributed by atoms with van der Waals surface area (Å²) in [6.07, 6.45) is 16.1. The van der Waals surface area contributed by atoms with Crippen LogP contribution in [0.2, 0.25) is 0 Å². The second-order valence-corrected chi connectivity index (χ2v) is 23.9. The topological polar surface area (TPSA) is 87.2 Å². The number of ether oxygens (including phenoxy) is 1. The highest BCUT2D eigenvalue weighted by molar-refractivity contribution is 5.84. The van der Waals surface area contributed by atoms with Crippen LogP contribution in [0.5, 0.6) is 0 Å². The van der Waals surface area contributed by atoms with Crippen LogP contribution < -0.4 is 0 Å². The number of alkyl halides is 1. The van der Waals surface area contributed by atoms with E-state index in [1.807, 2.05) is 13.8 Å². The lowest BCUT2D eigenvalue weighted by atomic mass is 9.32. The van der Waals surface area contributed by atoms with Crippen molar-refractivity contribution in [3.63, 3.8) is 0 Å². The average Bonchev–Trinajstić information content (AvgIpc) is 3.43. The minimum Gasteiger partial charge on any atom is -0.481 e. The average molecular weight is 779 g/mol. The van der Waals surface area contributed by atoms with E-state index in [9.17, 15) is 19.1 Å². The first-order valence-electron chi connectivity index (χ1n) is 23.3. The standard InChI is InChI=1S/C48H75FN2O5/c1-42(2)33(39(52)53)26-34(42)40(54)56-37-15-17-45(6)35(43(37,3)4)14-18-47(8)36(45)12-11-32-38-31(44(5)20-21-44)13-19-48(38,23-22-46(32,47)7)41(55)51-24-9-10-30(51)28-50-25-16-29(49)27-50/h29-38H,9-28H2,1-8H3,(H,52,53)/t29-,30-,31+,32+,33-,34+,35-,36+,37-,38+,45-,46+,47+,48-/m0/s1. The Bertz CT molecular complexity index is 1630. The molecule has 56 heavy (non-hydrogen) atoms. The molecule has 0 radical (unpaired) electrons. The highest BCUT2D eigenvalue weighted by Crippen LogP contribution is 2.79. The summed E-state index contributed by atoms with van der Waals surface area (Å²) < 4.78 is 20.7. The second kappa shape index (κ2) is 12.9. The van der Waals surface area contributed by atoms with Crippen molar-refractivity contribution in [1.82, 2.24) is 9.80 Å². The highest BCUT2D eigenvalue weighted by Gasteiger charge is 2.74. The fourth-order valence-corrected chi connectivity index (χ4v) is 17.3. The number of fused-ring (bicyclic) bond motifs is 7. The molecule has 0 aromatic heterocycles. The van der Waals surface area contributed by atoms with Crippen molar-refractivity contribution in [3.8, 4) is 0 Å². The molecule has 0 spiro atoms. The molecule has 0 unspecified atom stereocenters. The predicted octanol–water partition coefficient (Wildman–Crippen LogP) is 9.56. The minimum absolute atomic E-state index is 0.149. The summed E-state index contributed by atoms with van der Waals surface area (Å²) in [5.74, 6) is 1.32. The molecule has 1 N–H and O–H groups in total. The number of hydrogen-bond acceptors (Lipinski definition) is 5. The zero-order chi connectivity index (χ0) is 40.0. The maximum absolute atomic E-state index is 15.4. The van der Waals surface area contributed by atoms with Gasteiger partial charge in [0.25, 0.3) is 0 Å². The zero-order valence-corrected chi connectivity index (χ0v) is 36.3. The lowest BCUT2D eigenvalue weighted by molar-refractivity contribution is -0.253. The van der Waals surface area contributed by atoms with Gasteiger partial charge in [-0.25, -0.2) is 4.39 Å². The maximum atomic E-state index is 15.4. The largest absolute Gasteiger partial charge is 0.481 e. The van der Waals surface area contributed by atoms with Gasteiger partial charge >= 0.3 is 11.9 Å². The molecule has 2 aliphatic heterocycles. The van der Waals surface area contributed by atoms with Gasteiger partial charge in [0.2, 0.25) is 5.91 Å². The van der Waals surface area contributed by atoms with Crippen LogP contribution >= 0.6 is 0 Å². The molecule has 9 fully saturated rings. The fourth-order valence-electron chi connectivity index (χ4n) is 17.3. The number of hydrogen-bond donors (Lipinski definition) is 1. The van der Waals surface area contributed by atoms with E-state index in [-0.39, 0.29) is 51.1 Å². The summed E-state index contributed by atoms with van der Waals surface area (Å²) in [6, 6.07) is 0.231. The molecule has 9 rings (SSSR count). The van der Waals surface area contributed by atoms with Crippen LogP contribution in [0.15, 0.2) is 0 Å². The molecule has 314 valence electrons. The highest BCUT2D eigenvalue weighted by atomic mass is 19.1. The Morgan fingerprint density at radius 2 is 1.46 bits per heavy atom. The first kappa shape index (κ1) is 39.7. The van der Waals surface area contributed by atoms with Crippen LogP contribution in [-0.4, -0.2) is 77.2 Å². The number of carbonyl (C=O) groups is 3. The summed E-state index contributed by atoms with van der Waals surface area (Å²) in [7, 11) is 0. The van der Waals surface area contributed by atoms with E-state index in [2.05, 4.69) is 51.3 Å². The third-order valence-electron chi connectivity index (χ3n) is 21.2. The quantitative estimate of drug-likeness (QED) is 0.259. The summed E-state index contributed by atoms with van der Waals surface area (Å²) in [6.45, 7) is 22.1. The maximum Gasteiger partial charge on any atom is 0.309 e. The van der Waals surface area contributed by atoms with Crippen LogP contribution in [0, 0.1) is 79.3 Å². The van der Waals surface area contributed by atoms with E-state index < -0.39 is 23.5 Å². The summed E-state index contributed by atoms with van der Waals surface area (Å²) in [4.78, 5) is 45.5. The zero-order valence-electron chi connectivity index (χ0n) is 36.3. The van der Waals surface area contributed by atoms with Gasteiger partial charge in [-0.2, -0.15) is 0 Å². The second-order valence-electron chi connectivity index (χ2n) is 23.9. The number of aliphatic carboxylic acids is 1. The first-order chi connectivity index (χ1) is 26.2.